The van der Waals surface area contributed by atoms with E-state index in [1.807, 2.05) is 6.92 Å². The van der Waals surface area contributed by atoms with Gasteiger partial charge in [-0.3, -0.25) is 14.5 Å². The number of halogens is 2. The fraction of sp³-hybridized carbons (Fsp3) is 0.500. The van der Waals surface area contributed by atoms with Gasteiger partial charge in [-0.05, 0) is 44.4 Å². The predicted molar refractivity (Wildman–Crippen MR) is 124 cm³/mol. The molecule has 2 aliphatic heterocycles. The van der Waals surface area contributed by atoms with Crippen LogP contribution in [0.15, 0.2) is 24.4 Å². The van der Waals surface area contributed by atoms with Gasteiger partial charge in [-0.25, -0.2) is 18.7 Å². The van der Waals surface area contributed by atoms with Gasteiger partial charge in [0.15, 0.2) is 11.6 Å². The van der Waals surface area contributed by atoms with Crippen LogP contribution in [0.25, 0.3) is 0 Å². The van der Waals surface area contributed by atoms with Crippen LogP contribution in [0, 0.1) is 18.6 Å². The second-order valence-electron chi connectivity index (χ2n) is 8.93. The van der Waals surface area contributed by atoms with Crippen molar-refractivity contribution >= 4 is 17.6 Å². The predicted octanol–water partition coefficient (Wildman–Crippen LogP) is 2.37. The Balaban J connectivity index is 1.37. The molecule has 0 bridgehead atoms. The van der Waals surface area contributed by atoms with Gasteiger partial charge in [-0.15, -0.1) is 0 Å². The van der Waals surface area contributed by atoms with E-state index in [0.29, 0.717) is 30.9 Å². The van der Waals surface area contributed by atoms with E-state index in [2.05, 4.69) is 26.7 Å². The van der Waals surface area contributed by atoms with E-state index >= 15 is 0 Å². The molecule has 3 heterocycles. The summed E-state index contributed by atoms with van der Waals surface area (Å²) in [4.78, 5) is 39.3. The van der Waals surface area contributed by atoms with Crippen LogP contribution in [-0.4, -0.2) is 76.4 Å². The number of amides is 2. The number of rotatable bonds is 5. The zero-order valence-electron chi connectivity index (χ0n) is 19.5. The molecule has 2 saturated heterocycles. The molecule has 2 N–H and O–H groups in total. The van der Waals surface area contributed by atoms with Crippen molar-refractivity contribution in [2.45, 2.75) is 45.2 Å². The number of carbonyl (C=O) groups excluding carboxylic acids is 2. The molecule has 0 spiro atoms. The SMILES string of the molecule is CC[C@H]1CN(c2ncc(C(N)=O)nc2C)CCN1C1CCN(C(=O)c2ccc(F)c(F)c2)CC1. The number of benzene rings is 1. The molecule has 1 aromatic carbocycles. The van der Waals surface area contributed by atoms with E-state index in [1.165, 1.54) is 12.3 Å². The van der Waals surface area contributed by atoms with Crippen LogP contribution in [0.3, 0.4) is 0 Å². The number of likely N-dealkylation sites (tertiary alicyclic amines) is 1. The van der Waals surface area contributed by atoms with Gasteiger partial charge < -0.3 is 15.5 Å². The third-order valence-corrected chi connectivity index (χ3v) is 6.86. The maximum atomic E-state index is 13.5. The molecule has 8 nitrogen and oxygen atoms in total. The summed E-state index contributed by atoms with van der Waals surface area (Å²) in [5.41, 5.74) is 6.34. The first-order chi connectivity index (χ1) is 16.3. The van der Waals surface area contributed by atoms with Crippen molar-refractivity contribution in [1.29, 1.82) is 0 Å². The van der Waals surface area contributed by atoms with Crippen molar-refractivity contribution < 1.29 is 18.4 Å². The molecule has 2 amide bonds. The number of nitrogens with zero attached hydrogens (tertiary/aromatic N) is 5. The van der Waals surface area contributed by atoms with Crippen molar-refractivity contribution in [3.8, 4) is 0 Å². The van der Waals surface area contributed by atoms with Crippen molar-refractivity contribution in [2.24, 2.45) is 5.73 Å². The highest BCUT2D eigenvalue weighted by Crippen LogP contribution is 2.27. The van der Waals surface area contributed by atoms with Gasteiger partial charge in [0.1, 0.15) is 11.5 Å². The van der Waals surface area contributed by atoms with Crippen molar-refractivity contribution in [2.75, 3.05) is 37.6 Å². The Morgan fingerprint density at radius 3 is 2.47 bits per heavy atom. The first kappa shape index (κ1) is 24.0. The summed E-state index contributed by atoms with van der Waals surface area (Å²) in [6.45, 7) is 7.61. The maximum absolute atomic E-state index is 13.5. The lowest BCUT2D eigenvalue weighted by molar-refractivity contribution is 0.0490. The molecule has 1 aromatic heterocycles. The second kappa shape index (κ2) is 10.0. The fourth-order valence-electron chi connectivity index (χ4n) is 5.02. The van der Waals surface area contributed by atoms with Gasteiger partial charge in [-0.1, -0.05) is 6.92 Å². The lowest BCUT2D eigenvalue weighted by atomic mass is 9.97. The van der Waals surface area contributed by atoms with E-state index in [0.717, 1.165) is 56.8 Å². The second-order valence-corrected chi connectivity index (χ2v) is 8.93. The average molecular weight is 473 g/mol. The first-order valence-electron chi connectivity index (χ1n) is 11.7. The molecule has 2 aromatic rings. The Morgan fingerprint density at radius 1 is 1.12 bits per heavy atom. The summed E-state index contributed by atoms with van der Waals surface area (Å²) in [6.07, 6.45) is 4.06. The van der Waals surface area contributed by atoms with Crippen LogP contribution in [0.4, 0.5) is 14.6 Å². The van der Waals surface area contributed by atoms with Gasteiger partial charge >= 0.3 is 0 Å². The van der Waals surface area contributed by atoms with Crippen molar-refractivity contribution in [1.82, 2.24) is 19.8 Å². The minimum Gasteiger partial charge on any atom is -0.364 e. The fourth-order valence-corrected chi connectivity index (χ4v) is 5.02. The van der Waals surface area contributed by atoms with Crippen LogP contribution >= 0.6 is 0 Å². The Hall–Kier alpha value is -3.14. The number of primary amides is 1. The number of nitrogens with two attached hydrogens (primary N) is 1. The lowest BCUT2D eigenvalue weighted by Crippen LogP contribution is -2.59. The summed E-state index contributed by atoms with van der Waals surface area (Å²) in [7, 11) is 0. The van der Waals surface area contributed by atoms with Gasteiger partial charge in [0.2, 0.25) is 0 Å². The topological polar surface area (TPSA) is 95.7 Å². The zero-order valence-corrected chi connectivity index (χ0v) is 19.5. The molecule has 182 valence electrons. The standard InChI is InChI=1S/C24H30F2N6O2/c1-3-17-14-31(23-15(2)29-21(13-28-23)22(27)33)10-11-32(17)18-6-8-30(9-7-18)24(34)16-4-5-19(25)20(26)12-16/h4-5,12-13,17-18H,3,6-11,14H2,1-2H3,(H2,27,33)/t17-/m0/s1. The minimum absolute atomic E-state index is 0.164. The molecule has 0 radical (unpaired) electrons. The Kier molecular flexibility index (Phi) is 7.06. The molecule has 4 rings (SSSR count). The van der Waals surface area contributed by atoms with Crippen LogP contribution in [0.1, 0.15) is 52.7 Å². The minimum atomic E-state index is -1.01. The number of piperidine rings is 1. The number of carbonyl (C=O) groups is 2. The Morgan fingerprint density at radius 2 is 1.85 bits per heavy atom. The molecule has 0 aliphatic carbocycles. The van der Waals surface area contributed by atoms with Gasteiger partial charge in [0.05, 0.1) is 11.9 Å². The summed E-state index contributed by atoms with van der Waals surface area (Å²) < 4.78 is 26.7. The summed E-state index contributed by atoms with van der Waals surface area (Å²) in [5.74, 6) is -2.04. The molecular weight excluding hydrogens is 442 g/mol. The number of piperazine rings is 1. The highest BCUT2D eigenvalue weighted by molar-refractivity contribution is 5.94. The van der Waals surface area contributed by atoms with Crippen LogP contribution in [0.2, 0.25) is 0 Å². The van der Waals surface area contributed by atoms with Crippen molar-refractivity contribution in [3.63, 3.8) is 0 Å². The molecule has 2 fully saturated rings. The summed E-state index contributed by atoms with van der Waals surface area (Å²) in [6, 6.07) is 3.97. The molecule has 34 heavy (non-hydrogen) atoms. The van der Waals surface area contributed by atoms with E-state index in [4.69, 9.17) is 5.73 Å². The molecule has 1 atom stereocenters. The van der Waals surface area contributed by atoms with E-state index in [1.54, 1.807) is 4.90 Å². The number of hydrogen-bond acceptors (Lipinski definition) is 6. The molecule has 2 aliphatic rings. The lowest BCUT2D eigenvalue weighted by Gasteiger charge is -2.47. The van der Waals surface area contributed by atoms with Gasteiger partial charge in [-0.2, -0.15) is 0 Å². The first-order valence-corrected chi connectivity index (χ1v) is 11.7. The number of anilines is 1. The summed E-state index contributed by atoms with van der Waals surface area (Å²) in [5, 5.41) is 0. The van der Waals surface area contributed by atoms with Gasteiger partial charge in [0, 0.05) is 50.4 Å². The third-order valence-electron chi connectivity index (χ3n) is 6.86. The quantitative estimate of drug-likeness (QED) is 0.718. The average Bonchev–Trinajstić information content (AvgIpc) is 2.85. The largest absolute Gasteiger partial charge is 0.364 e. The van der Waals surface area contributed by atoms with E-state index in [9.17, 15) is 18.4 Å². The zero-order chi connectivity index (χ0) is 24.4. The van der Waals surface area contributed by atoms with Crippen LogP contribution in [0.5, 0.6) is 0 Å². The van der Waals surface area contributed by atoms with E-state index < -0.39 is 17.5 Å². The molecule has 0 saturated carbocycles. The number of aryl methyl sites for hydroxylation is 1. The third kappa shape index (κ3) is 4.86. The maximum Gasteiger partial charge on any atom is 0.268 e. The monoisotopic (exact) mass is 472 g/mol. The van der Waals surface area contributed by atoms with Crippen molar-refractivity contribution in [3.05, 3.63) is 53.0 Å². The summed E-state index contributed by atoms with van der Waals surface area (Å²) >= 11 is 0. The van der Waals surface area contributed by atoms with Crippen LogP contribution < -0.4 is 10.6 Å². The highest BCUT2D eigenvalue weighted by atomic mass is 19.2. The molecule has 10 heteroatoms. The van der Waals surface area contributed by atoms with Gasteiger partial charge in [0.25, 0.3) is 11.8 Å². The number of aromatic nitrogens is 2. The van der Waals surface area contributed by atoms with E-state index in [-0.39, 0.29) is 17.2 Å². The number of hydrogen-bond donors (Lipinski definition) is 1. The highest BCUT2D eigenvalue weighted by Gasteiger charge is 2.35. The van der Waals surface area contributed by atoms with Crippen LogP contribution in [-0.2, 0) is 0 Å². The smallest absolute Gasteiger partial charge is 0.268 e. The molecular formula is C24H30F2N6O2. The Labute approximate surface area is 197 Å². The Bertz CT molecular complexity index is 1070. The molecule has 0 unspecified atom stereocenters. The normalized spacial score (nSPS) is 19.9.